The summed E-state index contributed by atoms with van der Waals surface area (Å²) >= 11 is 0. The topological polar surface area (TPSA) is 105 Å². The molecule has 1 aromatic rings. The molecular weight excluding hydrogens is 240 g/mol. The molecule has 0 bridgehead atoms. The highest BCUT2D eigenvalue weighted by atomic mass is 16.4. The normalized spacial score (nSPS) is 10.3. The van der Waals surface area contributed by atoms with E-state index in [0.717, 1.165) is 0 Å². The van der Waals surface area contributed by atoms with Gasteiger partial charge in [0.25, 0.3) is 0 Å². The van der Waals surface area contributed by atoms with Gasteiger partial charge in [-0.2, -0.15) is 0 Å². The summed E-state index contributed by atoms with van der Waals surface area (Å²) in [5, 5.41) is 17.9. The monoisotopic (exact) mass is 254 g/mol. The molecule has 0 saturated heterocycles. The Labute approximate surface area is 103 Å². The van der Waals surface area contributed by atoms with Crippen LogP contribution in [0, 0.1) is 6.92 Å². The van der Waals surface area contributed by atoms with Gasteiger partial charge in [0, 0.05) is 18.9 Å². The summed E-state index contributed by atoms with van der Waals surface area (Å²) in [6, 6.07) is 1.20. The minimum atomic E-state index is -0.930. The predicted octanol–water partition coefficient (Wildman–Crippen LogP) is 1.48. The first-order chi connectivity index (χ1) is 8.41. The zero-order valence-corrected chi connectivity index (χ0v) is 9.93. The lowest BCUT2D eigenvalue weighted by molar-refractivity contribution is -0.137. The summed E-state index contributed by atoms with van der Waals surface area (Å²) < 4.78 is 4.72. The van der Waals surface area contributed by atoms with Crippen LogP contribution in [0.4, 0.5) is 0 Å². The predicted molar refractivity (Wildman–Crippen MR) is 61.8 cm³/mol. The third kappa shape index (κ3) is 3.73. The summed E-state index contributed by atoms with van der Waals surface area (Å²) in [7, 11) is 0. The van der Waals surface area contributed by atoms with Gasteiger partial charge in [-0.05, 0) is 19.8 Å². The summed E-state index contributed by atoms with van der Waals surface area (Å²) in [5.74, 6) is -1.64. The number of ketones is 1. The van der Waals surface area contributed by atoms with Gasteiger partial charge < -0.3 is 14.6 Å². The number of carboxylic acid groups (broad SMARTS) is 1. The van der Waals surface area contributed by atoms with Crippen molar-refractivity contribution in [2.24, 2.45) is 0 Å². The third-order valence-corrected chi connectivity index (χ3v) is 2.38. The Balaban J connectivity index is 2.68. The van der Waals surface area contributed by atoms with E-state index in [1.807, 2.05) is 0 Å². The Morgan fingerprint density at radius 2 is 1.89 bits per heavy atom. The van der Waals surface area contributed by atoms with E-state index in [1.165, 1.54) is 13.0 Å². The van der Waals surface area contributed by atoms with E-state index in [9.17, 15) is 19.5 Å². The quantitative estimate of drug-likeness (QED) is 0.588. The minimum Gasteiger partial charge on any atom is -0.507 e. The smallest absolute Gasteiger partial charge is 0.350 e. The van der Waals surface area contributed by atoms with Crippen LogP contribution in [0.15, 0.2) is 15.3 Å². The zero-order valence-electron chi connectivity index (χ0n) is 9.93. The number of carboxylic acids is 1. The molecule has 18 heavy (non-hydrogen) atoms. The van der Waals surface area contributed by atoms with Crippen LogP contribution in [-0.4, -0.2) is 22.0 Å². The van der Waals surface area contributed by atoms with Crippen LogP contribution in [0.25, 0.3) is 0 Å². The molecule has 0 aromatic carbocycles. The molecule has 2 N–H and O–H groups in total. The number of hydrogen-bond donors (Lipinski definition) is 2. The maximum atomic E-state index is 11.7. The van der Waals surface area contributed by atoms with Crippen LogP contribution in [0.1, 0.15) is 41.8 Å². The van der Waals surface area contributed by atoms with Gasteiger partial charge in [-0.3, -0.25) is 9.59 Å². The van der Waals surface area contributed by atoms with E-state index >= 15 is 0 Å². The third-order valence-electron chi connectivity index (χ3n) is 2.38. The molecule has 0 aliphatic heterocycles. The number of aromatic hydroxyl groups is 1. The van der Waals surface area contributed by atoms with Crippen molar-refractivity contribution < 1.29 is 24.2 Å². The number of hydrogen-bond acceptors (Lipinski definition) is 5. The van der Waals surface area contributed by atoms with Crippen molar-refractivity contribution in [2.45, 2.75) is 32.6 Å². The molecule has 6 nitrogen and oxygen atoms in total. The molecule has 1 rings (SSSR count). The van der Waals surface area contributed by atoms with E-state index in [-0.39, 0.29) is 24.2 Å². The summed E-state index contributed by atoms with van der Waals surface area (Å²) in [6.45, 7) is 1.49. The van der Waals surface area contributed by atoms with Crippen molar-refractivity contribution in [1.29, 1.82) is 0 Å². The lowest BCUT2D eigenvalue weighted by Crippen LogP contribution is -2.14. The molecule has 0 aliphatic carbocycles. The molecule has 1 aromatic heterocycles. The summed E-state index contributed by atoms with van der Waals surface area (Å²) in [4.78, 5) is 33.3. The van der Waals surface area contributed by atoms with E-state index < -0.39 is 23.1 Å². The largest absolute Gasteiger partial charge is 0.507 e. The fraction of sp³-hybridized carbons (Fsp3) is 0.417. The Morgan fingerprint density at radius 1 is 1.28 bits per heavy atom. The van der Waals surface area contributed by atoms with Gasteiger partial charge in [0.05, 0.1) is 0 Å². The molecule has 0 aliphatic rings. The Kier molecular flexibility index (Phi) is 4.65. The Hall–Kier alpha value is -2.11. The maximum absolute atomic E-state index is 11.7. The van der Waals surface area contributed by atoms with E-state index in [0.29, 0.717) is 12.8 Å². The first-order valence-corrected chi connectivity index (χ1v) is 5.50. The average Bonchev–Trinajstić information content (AvgIpc) is 2.22. The number of carbonyl (C=O) groups excluding carboxylic acids is 1. The van der Waals surface area contributed by atoms with Gasteiger partial charge in [-0.1, -0.05) is 0 Å². The van der Waals surface area contributed by atoms with Gasteiger partial charge in [-0.25, -0.2) is 4.79 Å². The van der Waals surface area contributed by atoms with Crippen molar-refractivity contribution in [3.63, 3.8) is 0 Å². The van der Waals surface area contributed by atoms with Gasteiger partial charge in [0.15, 0.2) is 5.78 Å². The van der Waals surface area contributed by atoms with E-state index in [4.69, 9.17) is 9.52 Å². The van der Waals surface area contributed by atoms with Crippen molar-refractivity contribution in [3.8, 4) is 5.75 Å². The minimum absolute atomic E-state index is 0.00859. The fourth-order valence-corrected chi connectivity index (χ4v) is 1.54. The van der Waals surface area contributed by atoms with Crippen LogP contribution in [0.3, 0.4) is 0 Å². The molecule has 0 amide bonds. The standard InChI is InChI=1S/C12H14O6/c1-7-6-9(14)11(12(17)18-7)8(13)4-2-3-5-10(15)16/h6,14H,2-5H2,1H3,(H,15,16). The van der Waals surface area contributed by atoms with Crippen molar-refractivity contribution in [1.82, 2.24) is 0 Å². The van der Waals surface area contributed by atoms with Gasteiger partial charge in [0.1, 0.15) is 17.1 Å². The number of rotatable bonds is 6. The Bertz CT molecular complexity index is 514. The molecule has 0 saturated carbocycles. The highest BCUT2D eigenvalue weighted by Crippen LogP contribution is 2.17. The number of Topliss-reactive ketones (excluding diaryl/α,β-unsaturated/α-hetero) is 1. The molecular formula is C12H14O6. The molecule has 0 spiro atoms. The van der Waals surface area contributed by atoms with Gasteiger partial charge in [-0.15, -0.1) is 0 Å². The number of aliphatic carboxylic acids is 1. The van der Waals surface area contributed by atoms with Crippen LogP contribution >= 0.6 is 0 Å². The second-order valence-corrected chi connectivity index (χ2v) is 3.93. The van der Waals surface area contributed by atoms with Crippen LogP contribution in [0.5, 0.6) is 5.75 Å². The molecule has 0 unspecified atom stereocenters. The first kappa shape index (κ1) is 14.0. The molecule has 0 fully saturated rings. The SMILES string of the molecule is Cc1cc(O)c(C(=O)CCCCC(=O)O)c(=O)o1. The zero-order chi connectivity index (χ0) is 13.7. The molecule has 0 radical (unpaired) electrons. The highest BCUT2D eigenvalue weighted by molar-refractivity contribution is 5.97. The van der Waals surface area contributed by atoms with Crippen molar-refractivity contribution in [2.75, 3.05) is 0 Å². The van der Waals surface area contributed by atoms with Crippen LogP contribution < -0.4 is 5.63 Å². The van der Waals surface area contributed by atoms with Crippen molar-refractivity contribution in [3.05, 3.63) is 27.8 Å². The number of aryl methyl sites for hydroxylation is 1. The van der Waals surface area contributed by atoms with E-state index in [2.05, 4.69) is 0 Å². The average molecular weight is 254 g/mol. The lowest BCUT2D eigenvalue weighted by atomic mass is 10.1. The van der Waals surface area contributed by atoms with Gasteiger partial charge >= 0.3 is 11.6 Å². The summed E-state index contributed by atoms with van der Waals surface area (Å²) in [6.07, 6.45) is 0.674. The lowest BCUT2D eigenvalue weighted by Gasteiger charge is -2.02. The van der Waals surface area contributed by atoms with Crippen LogP contribution in [0.2, 0.25) is 0 Å². The van der Waals surface area contributed by atoms with E-state index in [1.54, 1.807) is 0 Å². The molecule has 98 valence electrons. The second-order valence-electron chi connectivity index (χ2n) is 3.93. The molecule has 0 atom stereocenters. The Morgan fingerprint density at radius 3 is 2.44 bits per heavy atom. The first-order valence-electron chi connectivity index (χ1n) is 5.50. The number of unbranched alkanes of at least 4 members (excludes halogenated alkanes) is 1. The molecule has 6 heteroatoms. The van der Waals surface area contributed by atoms with Crippen molar-refractivity contribution >= 4 is 11.8 Å². The summed E-state index contributed by atoms with van der Waals surface area (Å²) in [5.41, 5.74) is -1.23. The maximum Gasteiger partial charge on any atom is 0.350 e. The fourth-order valence-electron chi connectivity index (χ4n) is 1.54. The molecule has 1 heterocycles. The second kappa shape index (κ2) is 6.00. The van der Waals surface area contributed by atoms with Gasteiger partial charge in [0.2, 0.25) is 0 Å². The number of carbonyl (C=O) groups is 2. The highest BCUT2D eigenvalue weighted by Gasteiger charge is 2.17. The van der Waals surface area contributed by atoms with Crippen LogP contribution in [-0.2, 0) is 4.79 Å².